The summed E-state index contributed by atoms with van der Waals surface area (Å²) in [4.78, 5) is 0. The first-order valence-electron chi connectivity index (χ1n) is 8.18. The Morgan fingerprint density at radius 2 is 1.75 bits per heavy atom. The Labute approximate surface area is 140 Å². The Morgan fingerprint density at radius 1 is 1.00 bits per heavy atom. The van der Waals surface area contributed by atoms with Gasteiger partial charge >= 0.3 is 0 Å². The number of aryl methyl sites for hydroxylation is 1. The quantitative estimate of drug-likeness (QED) is 0.432. The SMILES string of the molecule is CCCCCn1c(O)c(N=Nc2ccc(F)cc2)c2ccccc21. The van der Waals surface area contributed by atoms with Gasteiger partial charge in [-0.1, -0.05) is 38.0 Å². The Balaban J connectivity index is 1.97. The third-order valence-electron chi connectivity index (χ3n) is 3.99. The summed E-state index contributed by atoms with van der Waals surface area (Å²) in [6.07, 6.45) is 3.23. The van der Waals surface area contributed by atoms with E-state index in [2.05, 4.69) is 17.2 Å². The van der Waals surface area contributed by atoms with E-state index in [1.807, 2.05) is 28.8 Å². The van der Waals surface area contributed by atoms with E-state index in [4.69, 9.17) is 0 Å². The molecular formula is C19H20FN3O. The number of azo groups is 1. The second-order valence-electron chi connectivity index (χ2n) is 5.72. The topological polar surface area (TPSA) is 49.9 Å². The zero-order chi connectivity index (χ0) is 16.9. The fraction of sp³-hybridized carbons (Fsp3) is 0.263. The largest absolute Gasteiger partial charge is 0.493 e. The molecule has 0 fully saturated rings. The third-order valence-corrected chi connectivity index (χ3v) is 3.99. The minimum atomic E-state index is -0.315. The number of nitrogens with zero attached hydrogens (tertiary/aromatic N) is 3. The summed E-state index contributed by atoms with van der Waals surface area (Å²) in [5.41, 5.74) is 1.93. The molecule has 0 unspecified atom stereocenters. The fourth-order valence-electron chi connectivity index (χ4n) is 2.73. The summed E-state index contributed by atoms with van der Waals surface area (Å²) in [5, 5.41) is 19.8. The molecule has 0 saturated heterocycles. The van der Waals surface area contributed by atoms with Crippen molar-refractivity contribution in [2.45, 2.75) is 32.7 Å². The molecule has 0 radical (unpaired) electrons. The monoisotopic (exact) mass is 325 g/mol. The molecule has 0 aliphatic carbocycles. The van der Waals surface area contributed by atoms with Gasteiger partial charge < -0.3 is 9.67 Å². The summed E-state index contributed by atoms with van der Waals surface area (Å²) in [7, 11) is 0. The Morgan fingerprint density at radius 3 is 2.50 bits per heavy atom. The summed E-state index contributed by atoms with van der Waals surface area (Å²) >= 11 is 0. The van der Waals surface area contributed by atoms with E-state index in [9.17, 15) is 9.50 Å². The average molecular weight is 325 g/mol. The maximum Gasteiger partial charge on any atom is 0.220 e. The molecule has 0 spiro atoms. The van der Waals surface area contributed by atoms with E-state index in [1.54, 1.807) is 12.1 Å². The molecule has 1 heterocycles. The van der Waals surface area contributed by atoms with Crippen molar-refractivity contribution < 1.29 is 9.50 Å². The molecule has 0 aliphatic heterocycles. The highest BCUT2D eigenvalue weighted by atomic mass is 19.1. The first-order chi connectivity index (χ1) is 11.7. The van der Waals surface area contributed by atoms with Crippen molar-refractivity contribution in [1.82, 2.24) is 4.57 Å². The summed E-state index contributed by atoms with van der Waals surface area (Å²) < 4.78 is 14.8. The van der Waals surface area contributed by atoms with Crippen molar-refractivity contribution in [2.24, 2.45) is 10.2 Å². The minimum Gasteiger partial charge on any atom is -0.493 e. The smallest absolute Gasteiger partial charge is 0.220 e. The number of unbranched alkanes of at least 4 members (excludes halogenated alkanes) is 2. The van der Waals surface area contributed by atoms with Gasteiger partial charge in [0.15, 0.2) is 5.69 Å². The molecule has 0 aliphatic rings. The first-order valence-corrected chi connectivity index (χ1v) is 8.18. The first kappa shape index (κ1) is 16.2. The summed E-state index contributed by atoms with van der Waals surface area (Å²) in [6, 6.07) is 13.5. The van der Waals surface area contributed by atoms with Crippen LogP contribution in [-0.4, -0.2) is 9.67 Å². The number of halogens is 1. The van der Waals surface area contributed by atoms with Gasteiger partial charge in [-0.15, -0.1) is 5.11 Å². The normalized spacial score (nSPS) is 11.6. The molecule has 4 nitrogen and oxygen atoms in total. The van der Waals surface area contributed by atoms with E-state index >= 15 is 0 Å². The maximum atomic E-state index is 13.0. The number of rotatable bonds is 6. The van der Waals surface area contributed by atoms with Crippen molar-refractivity contribution in [3.8, 4) is 5.88 Å². The standard InChI is InChI=1S/C19H20FN3O/c1-2-3-6-13-23-17-8-5-4-7-16(17)18(19(23)24)22-21-15-11-9-14(20)10-12-15/h4-5,7-12,24H,2-3,6,13H2,1H3. The van der Waals surface area contributed by atoms with Crippen molar-refractivity contribution in [1.29, 1.82) is 0 Å². The van der Waals surface area contributed by atoms with E-state index in [0.29, 0.717) is 11.4 Å². The molecule has 124 valence electrons. The molecule has 0 bridgehead atoms. The molecule has 1 N–H and O–H groups in total. The van der Waals surface area contributed by atoms with Gasteiger partial charge in [0.1, 0.15) is 5.82 Å². The van der Waals surface area contributed by atoms with E-state index in [0.717, 1.165) is 36.7 Å². The lowest BCUT2D eigenvalue weighted by Gasteiger charge is -2.05. The lowest BCUT2D eigenvalue weighted by molar-refractivity contribution is 0.417. The molecule has 0 saturated carbocycles. The Kier molecular flexibility index (Phi) is 4.89. The van der Waals surface area contributed by atoms with Crippen LogP contribution in [0.4, 0.5) is 15.8 Å². The van der Waals surface area contributed by atoms with Crippen LogP contribution < -0.4 is 0 Å². The molecule has 1 aromatic heterocycles. The van der Waals surface area contributed by atoms with Gasteiger partial charge in [-0.05, 0) is 36.8 Å². The molecule has 5 heteroatoms. The molecule has 0 atom stereocenters. The second kappa shape index (κ2) is 7.25. The zero-order valence-electron chi connectivity index (χ0n) is 13.6. The third kappa shape index (κ3) is 3.30. The van der Waals surface area contributed by atoms with E-state index in [1.165, 1.54) is 12.1 Å². The summed E-state index contributed by atoms with van der Waals surface area (Å²) in [6.45, 7) is 2.89. The Hall–Kier alpha value is -2.69. The van der Waals surface area contributed by atoms with Crippen LogP contribution in [0.5, 0.6) is 5.88 Å². The number of benzene rings is 2. The van der Waals surface area contributed by atoms with Gasteiger partial charge in [0, 0.05) is 11.9 Å². The van der Waals surface area contributed by atoms with Gasteiger partial charge in [0.25, 0.3) is 0 Å². The lowest BCUT2D eigenvalue weighted by Crippen LogP contribution is -1.96. The minimum absolute atomic E-state index is 0.123. The van der Waals surface area contributed by atoms with Gasteiger partial charge in [-0.2, -0.15) is 5.11 Å². The van der Waals surface area contributed by atoms with Crippen LogP contribution in [0.15, 0.2) is 58.8 Å². The van der Waals surface area contributed by atoms with Crippen LogP contribution in [0.1, 0.15) is 26.2 Å². The average Bonchev–Trinajstić information content (AvgIpc) is 2.87. The molecule has 0 amide bonds. The van der Waals surface area contributed by atoms with Gasteiger partial charge in [0.2, 0.25) is 5.88 Å². The van der Waals surface area contributed by atoms with Crippen LogP contribution in [-0.2, 0) is 6.54 Å². The fourth-order valence-corrected chi connectivity index (χ4v) is 2.73. The van der Waals surface area contributed by atoms with Crippen LogP contribution in [0, 0.1) is 5.82 Å². The van der Waals surface area contributed by atoms with Gasteiger partial charge in [-0.3, -0.25) is 0 Å². The van der Waals surface area contributed by atoms with E-state index in [-0.39, 0.29) is 11.7 Å². The molecular weight excluding hydrogens is 305 g/mol. The highest BCUT2D eigenvalue weighted by Gasteiger charge is 2.15. The molecule has 3 aromatic rings. The number of hydrogen-bond donors (Lipinski definition) is 1. The molecule has 3 rings (SSSR count). The predicted molar refractivity (Wildman–Crippen MR) is 93.7 cm³/mol. The molecule has 24 heavy (non-hydrogen) atoms. The highest BCUT2D eigenvalue weighted by Crippen LogP contribution is 2.39. The van der Waals surface area contributed by atoms with Crippen LogP contribution in [0.3, 0.4) is 0 Å². The summed E-state index contributed by atoms with van der Waals surface area (Å²) in [5.74, 6) is -0.192. The second-order valence-corrected chi connectivity index (χ2v) is 5.72. The van der Waals surface area contributed by atoms with Crippen molar-refractivity contribution in [3.05, 3.63) is 54.3 Å². The van der Waals surface area contributed by atoms with E-state index < -0.39 is 0 Å². The highest BCUT2D eigenvalue weighted by molar-refractivity contribution is 5.95. The van der Waals surface area contributed by atoms with Crippen LogP contribution >= 0.6 is 0 Å². The van der Waals surface area contributed by atoms with Crippen molar-refractivity contribution in [3.63, 3.8) is 0 Å². The van der Waals surface area contributed by atoms with Gasteiger partial charge in [0.05, 0.1) is 11.2 Å². The van der Waals surface area contributed by atoms with Crippen molar-refractivity contribution >= 4 is 22.3 Å². The Bertz CT molecular complexity index is 853. The number of aromatic nitrogens is 1. The number of fused-ring (bicyclic) bond motifs is 1. The van der Waals surface area contributed by atoms with Crippen LogP contribution in [0.25, 0.3) is 10.9 Å². The van der Waals surface area contributed by atoms with Crippen molar-refractivity contribution in [2.75, 3.05) is 0 Å². The number of hydrogen-bond acceptors (Lipinski definition) is 3. The van der Waals surface area contributed by atoms with Gasteiger partial charge in [-0.25, -0.2) is 4.39 Å². The maximum absolute atomic E-state index is 13.0. The number of aromatic hydroxyl groups is 1. The number of para-hydroxylation sites is 1. The predicted octanol–water partition coefficient (Wildman–Crippen LogP) is 6.09. The lowest BCUT2D eigenvalue weighted by atomic mass is 10.2. The molecule has 2 aromatic carbocycles. The zero-order valence-corrected chi connectivity index (χ0v) is 13.6. The van der Waals surface area contributed by atoms with Crippen LogP contribution in [0.2, 0.25) is 0 Å².